The van der Waals surface area contributed by atoms with E-state index in [9.17, 15) is 18.0 Å². The second-order valence-electron chi connectivity index (χ2n) is 6.31. The van der Waals surface area contributed by atoms with Gasteiger partial charge in [-0.25, -0.2) is 18.2 Å². The van der Waals surface area contributed by atoms with Crippen molar-refractivity contribution in [3.05, 3.63) is 71.2 Å². The molecule has 0 spiro atoms. The molecule has 0 saturated carbocycles. The largest absolute Gasteiger partial charge is 0.455 e. The summed E-state index contributed by atoms with van der Waals surface area (Å²) in [5.74, 6) is -0.886. The molecule has 3 aromatic rings. The maximum Gasteiger partial charge on any atom is 0.340 e. The number of sulfonamides is 1. The molecule has 1 heterocycles. The van der Waals surface area contributed by atoms with E-state index in [1.54, 1.807) is 29.6 Å². The topological polar surface area (TPSA) is 106 Å². The number of amides is 1. The predicted molar refractivity (Wildman–Crippen MR) is 115 cm³/mol. The molecule has 0 bridgehead atoms. The van der Waals surface area contributed by atoms with Crippen molar-refractivity contribution in [2.75, 3.05) is 15.9 Å². The first-order valence-corrected chi connectivity index (χ1v) is 11.6. The molecular formula is C20H19N3O5S2. The van der Waals surface area contributed by atoms with Gasteiger partial charge in [-0.3, -0.25) is 14.4 Å². The number of benzene rings is 2. The summed E-state index contributed by atoms with van der Waals surface area (Å²) in [4.78, 5) is 30.4. The van der Waals surface area contributed by atoms with E-state index in [1.807, 2.05) is 18.2 Å². The molecule has 0 atom stereocenters. The number of hydrogen-bond donors (Lipinski definition) is 1. The van der Waals surface area contributed by atoms with Gasteiger partial charge in [0, 0.05) is 12.3 Å². The highest BCUT2D eigenvalue weighted by atomic mass is 32.2. The van der Waals surface area contributed by atoms with Gasteiger partial charge in [-0.1, -0.05) is 30.3 Å². The van der Waals surface area contributed by atoms with E-state index in [2.05, 4.69) is 9.71 Å². The fourth-order valence-corrected chi connectivity index (χ4v) is 4.09. The lowest BCUT2D eigenvalue weighted by Crippen LogP contribution is -2.22. The maximum atomic E-state index is 12.4. The summed E-state index contributed by atoms with van der Waals surface area (Å²) in [6.45, 7) is 1.32. The number of para-hydroxylation sites is 2. The van der Waals surface area contributed by atoms with E-state index < -0.39 is 16.0 Å². The third-order valence-electron chi connectivity index (χ3n) is 3.85. The molecule has 0 aliphatic heterocycles. The Morgan fingerprint density at radius 2 is 1.77 bits per heavy atom. The molecule has 1 N–H and O–H groups in total. The van der Waals surface area contributed by atoms with Crippen molar-refractivity contribution >= 4 is 49.7 Å². The Balaban J connectivity index is 1.73. The molecule has 0 fully saturated rings. The summed E-state index contributed by atoms with van der Waals surface area (Å²) in [6, 6.07) is 15.3. The molecule has 8 nitrogen and oxygen atoms in total. The van der Waals surface area contributed by atoms with E-state index in [-0.39, 0.29) is 23.8 Å². The number of thiazole rings is 1. The minimum atomic E-state index is -3.55. The molecular weight excluding hydrogens is 426 g/mol. The Hall–Kier alpha value is -3.24. The van der Waals surface area contributed by atoms with Gasteiger partial charge in [0.1, 0.15) is 6.61 Å². The maximum absolute atomic E-state index is 12.4. The van der Waals surface area contributed by atoms with Crippen LogP contribution in [0, 0.1) is 0 Å². The monoisotopic (exact) mass is 445 g/mol. The van der Waals surface area contributed by atoms with Crippen molar-refractivity contribution in [3.8, 4) is 0 Å². The van der Waals surface area contributed by atoms with Gasteiger partial charge in [-0.2, -0.15) is 0 Å². The Bertz CT molecular complexity index is 1160. The summed E-state index contributed by atoms with van der Waals surface area (Å²) < 4.78 is 30.6. The zero-order valence-corrected chi connectivity index (χ0v) is 17.9. The number of carbonyl (C=O) groups is 2. The average molecular weight is 446 g/mol. The normalized spacial score (nSPS) is 11.0. The molecule has 0 unspecified atom stereocenters. The molecule has 0 radical (unpaired) electrons. The third kappa shape index (κ3) is 5.43. The quantitative estimate of drug-likeness (QED) is 0.558. The van der Waals surface area contributed by atoms with E-state index in [4.69, 9.17) is 4.74 Å². The van der Waals surface area contributed by atoms with Gasteiger partial charge in [0.05, 0.1) is 28.9 Å². The van der Waals surface area contributed by atoms with Crippen LogP contribution in [-0.4, -0.2) is 31.5 Å². The summed E-state index contributed by atoms with van der Waals surface area (Å²) >= 11 is 1.25. The van der Waals surface area contributed by atoms with Gasteiger partial charge in [0.15, 0.2) is 5.13 Å². The SMILES string of the molecule is CC(=O)N(c1ccccc1)c1nc(COC(=O)c2ccccc2NS(C)(=O)=O)cs1. The Morgan fingerprint density at radius 3 is 2.43 bits per heavy atom. The Morgan fingerprint density at radius 1 is 1.10 bits per heavy atom. The number of anilines is 3. The van der Waals surface area contributed by atoms with Gasteiger partial charge in [-0.05, 0) is 24.3 Å². The number of hydrogen-bond acceptors (Lipinski definition) is 7. The fourth-order valence-electron chi connectivity index (χ4n) is 2.64. The molecule has 2 aromatic carbocycles. The number of aromatic nitrogens is 1. The van der Waals surface area contributed by atoms with E-state index >= 15 is 0 Å². The first-order valence-electron chi connectivity index (χ1n) is 8.78. The second-order valence-corrected chi connectivity index (χ2v) is 8.89. The van der Waals surface area contributed by atoms with E-state index in [0.717, 1.165) is 6.26 Å². The number of rotatable bonds is 7. The second kappa shape index (κ2) is 9.06. The van der Waals surface area contributed by atoms with Crippen LogP contribution in [0.15, 0.2) is 60.0 Å². The predicted octanol–water partition coefficient (Wildman–Crippen LogP) is 3.56. The minimum Gasteiger partial charge on any atom is -0.455 e. The van der Waals surface area contributed by atoms with Crippen LogP contribution in [0.3, 0.4) is 0 Å². The van der Waals surface area contributed by atoms with Crippen LogP contribution >= 0.6 is 11.3 Å². The number of nitrogens with zero attached hydrogens (tertiary/aromatic N) is 2. The lowest BCUT2D eigenvalue weighted by atomic mass is 10.2. The van der Waals surface area contributed by atoms with Crippen LogP contribution < -0.4 is 9.62 Å². The molecule has 1 amide bonds. The van der Waals surface area contributed by atoms with Crippen molar-refractivity contribution in [2.24, 2.45) is 0 Å². The number of ether oxygens (including phenoxy) is 1. The standard InChI is InChI=1S/C20H19N3O5S2/c1-14(24)23(16-8-4-3-5-9-16)20-21-15(13-29-20)12-28-19(25)17-10-6-7-11-18(17)22-30(2,26)27/h3-11,13,22H,12H2,1-2H3. The highest BCUT2D eigenvalue weighted by Gasteiger charge is 2.19. The van der Waals surface area contributed by atoms with Crippen LogP contribution in [0.4, 0.5) is 16.5 Å². The Kier molecular flexibility index (Phi) is 6.48. The first-order chi connectivity index (χ1) is 14.2. The van der Waals surface area contributed by atoms with Gasteiger partial charge < -0.3 is 4.74 Å². The van der Waals surface area contributed by atoms with Crippen LogP contribution in [-0.2, 0) is 26.2 Å². The van der Waals surface area contributed by atoms with E-state index in [0.29, 0.717) is 16.5 Å². The molecule has 30 heavy (non-hydrogen) atoms. The summed E-state index contributed by atoms with van der Waals surface area (Å²) in [7, 11) is -3.55. The summed E-state index contributed by atoms with van der Waals surface area (Å²) in [6.07, 6.45) is 0.999. The molecule has 0 aliphatic carbocycles. The van der Waals surface area contributed by atoms with Gasteiger partial charge in [0.2, 0.25) is 15.9 Å². The lowest BCUT2D eigenvalue weighted by Gasteiger charge is -2.17. The van der Waals surface area contributed by atoms with Gasteiger partial charge in [0.25, 0.3) is 0 Å². The smallest absolute Gasteiger partial charge is 0.340 e. The molecule has 0 aliphatic rings. The third-order valence-corrected chi connectivity index (χ3v) is 5.32. The number of nitrogens with one attached hydrogen (secondary N) is 1. The van der Waals surface area contributed by atoms with Crippen LogP contribution in [0.5, 0.6) is 0 Å². The fraction of sp³-hybridized carbons (Fsp3) is 0.150. The van der Waals surface area contributed by atoms with Crippen molar-refractivity contribution < 1.29 is 22.7 Å². The number of esters is 1. The van der Waals surface area contributed by atoms with Gasteiger partial charge >= 0.3 is 5.97 Å². The molecule has 3 rings (SSSR count). The van der Waals surface area contributed by atoms with Crippen molar-refractivity contribution in [1.82, 2.24) is 4.98 Å². The van der Waals surface area contributed by atoms with Crippen LogP contribution in [0.2, 0.25) is 0 Å². The zero-order chi connectivity index (χ0) is 21.7. The summed E-state index contributed by atoms with van der Waals surface area (Å²) in [5.41, 5.74) is 1.38. The van der Waals surface area contributed by atoms with Gasteiger partial charge in [-0.15, -0.1) is 11.3 Å². The molecule has 156 valence electrons. The first kappa shape index (κ1) is 21.5. The van der Waals surface area contributed by atoms with Crippen LogP contribution in [0.25, 0.3) is 0 Å². The molecule has 1 aromatic heterocycles. The van der Waals surface area contributed by atoms with E-state index in [1.165, 1.54) is 35.3 Å². The average Bonchev–Trinajstić information content (AvgIpc) is 3.14. The van der Waals surface area contributed by atoms with Crippen molar-refractivity contribution in [1.29, 1.82) is 0 Å². The molecule has 0 saturated heterocycles. The van der Waals surface area contributed by atoms with Crippen molar-refractivity contribution in [3.63, 3.8) is 0 Å². The zero-order valence-electron chi connectivity index (χ0n) is 16.2. The number of carbonyl (C=O) groups excluding carboxylic acids is 2. The van der Waals surface area contributed by atoms with Crippen molar-refractivity contribution in [2.45, 2.75) is 13.5 Å². The lowest BCUT2D eigenvalue weighted by molar-refractivity contribution is -0.115. The Labute approximate surface area is 178 Å². The highest BCUT2D eigenvalue weighted by molar-refractivity contribution is 7.92. The summed E-state index contributed by atoms with van der Waals surface area (Å²) in [5, 5.41) is 2.15. The minimum absolute atomic E-state index is 0.0908. The van der Waals surface area contributed by atoms with Crippen LogP contribution in [0.1, 0.15) is 23.0 Å². The highest BCUT2D eigenvalue weighted by Crippen LogP contribution is 2.29. The molecule has 10 heteroatoms.